The molecular formula is C36H63NO2Si2. The van der Waals surface area contributed by atoms with E-state index in [2.05, 4.69) is 106 Å². The van der Waals surface area contributed by atoms with E-state index in [1.54, 1.807) is 5.57 Å². The smallest absolute Gasteiger partial charge is 0.192 e. The van der Waals surface area contributed by atoms with Crippen LogP contribution in [-0.4, -0.2) is 28.8 Å². The summed E-state index contributed by atoms with van der Waals surface area (Å²) in [5, 5.41) is 9.50. The van der Waals surface area contributed by atoms with Gasteiger partial charge in [-0.25, -0.2) is 0 Å². The molecule has 6 atom stereocenters. The Kier molecular flexibility index (Phi) is 10.6. The lowest BCUT2D eigenvalue weighted by molar-refractivity contribution is 0.0945. The number of hydrogen-bond acceptors (Lipinski definition) is 3. The van der Waals surface area contributed by atoms with Crippen molar-refractivity contribution < 1.29 is 8.85 Å². The van der Waals surface area contributed by atoms with Crippen molar-refractivity contribution in [2.75, 3.05) is 0 Å². The van der Waals surface area contributed by atoms with Gasteiger partial charge in [0.2, 0.25) is 0 Å². The molecule has 0 amide bonds. The fourth-order valence-electron chi connectivity index (χ4n) is 7.47. The molecule has 0 unspecified atom stereocenters. The lowest BCUT2D eigenvalue weighted by Crippen LogP contribution is -2.49. The van der Waals surface area contributed by atoms with Crippen molar-refractivity contribution in [2.24, 2.45) is 23.2 Å². The van der Waals surface area contributed by atoms with Gasteiger partial charge in [0.1, 0.15) is 0 Å². The van der Waals surface area contributed by atoms with Crippen molar-refractivity contribution in [2.45, 2.75) is 162 Å². The molecule has 0 aromatic carbocycles. The minimum atomic E-state index is -1.97. The molecule has 0 radical (unpaired) electrons. The van der Waals surface area contributed by atoms with Gasteiger partial charge in [0.05, 0.1) is 18.3 Å². The number of rotatable bonds is 8. The molecule has 0 spiro atoms. The van der Waals surface area contributed by atoms with Crippen LogP contribution in [0.25, 0.3) is 0 Å². The van der Waals surface area contributed by atoms with Crippen LogP contribution in [0.5, 0.6) is 0 Å². The molecule has 0 aromatic heterocycles. The molecule has 0 aliphatic heterocycles. The predicted octanol–water partition coefficient (Wildman–Crippen LogP) is 11.1. The van der Waals surface area contributed by atoms with Crippen LogP contribution in [0.15, 0.2) is 35.5 Å². The van der Waals surface area contributed by atoms with E-state index in [4.69, 9.17) is 14.1 Å². The zero-order chi connectivity index (χ0) is 31.0. The highest BCUT2D eigenvalue weighted by Crippen LogP contribution is 2.60. The van der Waals surface area contributed by atoms with Crippen LogP contribution >= 0.6 is 0 Å². The zero-order valence-electron chi connectivity index (χ0n) is 28.9. The average molecular weight is 598 g/mol. The Morgan fingerprint density at radius 1 is 1.02 bits per heavy atom. The van der Waals surface area contributed by atoms with Crippen LogP contribution in [0.1, 0.15) is 113 Å². The zero-order valence-corrected chi connectivity index (χ0v) is 30.9. The first-order chi connectivity index (χ1) is 18.7. The van der Waals surface area contributed by atoms with Gasteiger partial charge in [-0.05, 0) is 116 Å². The summed E-state index contributed by atoms with van der Waals surface area (Å²) in [6.45, 7) is 33.1. The minimum Gasteiger partial charge on any atom is -0.413 e. The van der Waals surface area contributed by atoms with E-state index < -0.39 is 16.6 Å². The van der Waals surface area contributed by atoms with Crippen molar-refractivity contribution in [3.8, 4) is 6.07 Å². The second kappa shape index (κ2) is 12.6. The van der Waals surface area contributed by atoms with Crippen molar-refractivity contribution in [3.63, 3.8) is 0 Å². The number of fused-ring (bicyclic) bond motifs is 1. The SMILES string of the molecule is C=C1/C(=C\C=C2/CCC[C@]3(C)[C@@H]([C@H](C)CCC#N)CC[C@@H]23)C[C@@H](O[Si](C)(C)C(C)(C)C)C[C@@H]1O[Si](C)(C)C(C)(C)C. The van der Waals surface area contributed by atoms with Gasteiger partial charge in [0.25, 0.3) is 0 Å². The summed E-state index contributed by atoms with van der Waals surface area (Å²) in [4.78, 5) is 0. The Balaban J connectivity index is 1.91. The second-order valence-corrected chi connectivity index (χ2v) is 26.5. The molecule has 3 fully saturated rings. The van der Waals surface area contributed by atoms with Crippen LogP contribution in [0.2, 0.25) is 36.3 Å². The molecule has 3 saturated carbocycles. The number of nitriles is 1. The van der Waals surface area contributed by atoms with Crippen molar-refractivity contribution in [1.82, 2.24) is 0 Å². The maximum Gasteiger partial charge on any atom is 0.192 e. The molecule has 0 saturated heterocycles. The fraction of sp³-hybridized carbons (Fsp3) is 0.806. The summed E-state index contributed by atoms with van der Waals surface area (Å²) in [7, 11) is -3.88. The lowest BCUT2D eigenvalue weighted by Gasteiger charge is -2.46. The summed E-state index contributed by atoms with van der Waals surface area (Å²) < 4.78 is 14.1. The highest BCUT2D eigenvalue weighted by atomic mass is 28.4. The monoisotopic (exact) mass is 597 g/mol. The third-order valence-electron chi connectivity index (χ3n) is 12.2. The molecule has 0 heterocycles. The van der Waals surface area contributed by atoms with Crippen molar-refractivity contribution in [1.29, 1.82) is 5.26 Å². The lowest BCUT2D eigenvalue weighted by atomic mass is 9.61. The standard InChI is InChI=1S/C36H63NO2Si2/c1-26(16-15-23-37)31-20-21-32-28(17-14-22-36(31,32)9)18-19-29-24-30(38-40(10,11)34(3,4)5)25-33(27(29)2)39-41(12,13)35(6,7)8/h18-19,26,30-33H,2,14-17,20-22,24-25H2,1,3-13H3/b28-18+,29-19-/t26-,30-,31-,32+,33+,36-/m1/s1. The Hall–Kier alpha value is -0.936. The average Bonchev–Trinajstić information content (AvgIpc) is 3.19. The van der Waals surface area contributed by atoms with Crippen molar-refractivity contribution in [3.05, 3.63) is 35.5 Å². The highest BCUT2D eigenvalue weighted by molar-refractivity contribution is 6.74. The molecule has 3 aliphatic rings. The van der Waals surface area contributed by atoms with E-state index in [-0.39, 0.29) is 22.3 Å². The molecule has 5 heteroatoms. The van der Waals surface area contributed by atoms with Gasteiger partial charge >= 0.3 is 0 Å². The van der Waals surface area contributed by atoms with Gasteiger partial charge in [0.15, 0.2) is 16.6 Å². The van der Waals surface area contributed by atoms with E-state index in [9.17, 15) is 0 Å². The quantitative estimate of drug-likeness (QED) is 0.261. The maximum absolute atomic E-state index is 9.17. The second-order valence-electron chi connectivity index (χ2n) is 17.0. The largest absolute Gasteiger partial charge is 0.413 e. The van der Waals surface area contributed by atoms with E-state index >= 15 is 0 Å². The van der Waals surface area contributed by atoms with Gasteiger partial charge in [-0.1, -0.05) is 79.7 Å². The Bertz CT molecular complexity index is 1050. The van der Waals surface area contributed by atoms with Gasteiger partial charge in [-0.2, -0.15) is 5.26 Å². The molecule has 0 N–H and O–H groups in total. The van der Waals surface area contributed by atoms with Crippen LogP contribution in [0.3, 0.4) is 0 Å². The number of nitrogens with zero attached hydrogens (tertiary/aromatic N) is 1. The van der Waals surface area contributed by atoms with Gasteiger partial charge in [-0.15, -0.1) is 0 Å². The third-order valence-corrected chi connectivity index (χ3v) is 21.2. The summed E-state index contributed by atoms with van der Waals surface area (Å²) in [5.74, 6) is 2.02. The first-order valence-corrected chi connectivity index (χ1v) is 22.4. The van der Waals surface area contributed by atoms with E-state index in [0.29, 0.717) is 23.7 Å². The summed E-state index contributed by atoms with van der Waals surface area (Å²) >= 11 is 0. The normalized spacial score (nSPS) is 32.7. The fourth-order valence-corrected chi connectivity index (χ4v) is 10.1. The van der Waals surface area contributed by atoms with Crippen LogP contribution in [-0.2, 0) is 8.85 Å². The molecule has 232 valence electrons. The Morgan fingerprint density at radius 3 is 2.22 bits per heavy atom. The predicted molar refractivity (Wildman–Crippen MR) is 181 cm³/mol. The van der Waals surface area contributed by atoms with Gasteiger partial charge in [0, 0.05) is 12.8 Å². The summed E-state index contributed by atoms with van der Waals surface area (Å²) in [6.07, 6.45) is 15.1. The van der Waals surface area contributed by atoms with E-state index in [1.807, 2.05) is 0 Å². The topological polar surface area (TPSA) is 42.2 Å². The number of allylic oxidation sites excluding steroid dienone is 3. The Labute approximate surface area is 256 Å². The molecule has 3 rings (SSSR count). The molecular weight excluding hydrogens is 535 g/mol. The summed E-state index contributed by atoms with van der Waals surface area (Å²) in [6, 6.07) is 2.38. The van der Waals surface area contributed by atoms with Crippen LogP contribution < -0.4 is 0 Å². The molecule has 0 aromatic rings. The first kappa shape index (κ1) is 34.6. The van der Waals surface area contributed by atoms with Gasteiger partial charge < -0.3 is 8.85 Å². The van der Waals surface area contributed by atoms with E-state index in [0.717, 1.165) is 25.2 Å². The highest BCUT2D eigenvalue weighted by Gasteiger charge is 2.50. The molecule has 41 heavy (non-hydrogen) atoms. The number of hydrogen-bond donors (Lipinski definition) is 0. The Morgan fingerprint density at radius 2 is 1.63 bits per heavy atom. The van der Waals surface area contributed by atoms with Crippen LogP contribution in [0.4, 0.5) is 0 Å². The van der Waals surface area contributed by atoms with Crippen LogP contribution in [0, 0.1) is 34.5 Å². The molecule has 3 aliphatic carbocycles. The summed E-state index contributed by atoms with van der Waals surface area (Å²) in [5.41, 5.74) is 4.52. The molecule has 0 bridgehead atoms. The first-order valence-electron chi connectivity index (χ1n) is 16.5. The maximum atomic E-state index is 9.17. The molecule has 3 nitrogen and oxygen atoms in total. The van der Waals surface area contributed by atoms with E-state index in [1.165, 1.54) is 43.3 Å². The third kappa shape index (κ3) is 7.59. The van der Waals surface area contributed by atoms with Crippen molar-refractivity contribution >= 4 is 16.6 Å². The van der Waals surface area contributed by atoms with Gasteiger partial charge in [-0.3, -0.25) is 0 Å². The minimum absolute atomic E-state index is 0.0255.